The summed E-state index contributed by atoms with van der Waals surface area (Å²) in [6, 6.07) is 17.9. The third kappa shape index (κ3) is 4.88. The predicted octanol–water partition coefficient (Wildman–Crippen LogP) is 3.58. The molecule has 0 bridgehead atoms. The highest BCUT2D eigenvalue weighted by Crippen LogP contribution is 2.23. The molecule has 21 heavy (non-hydrogen) atoms. The summed E-state index contributed by atoms with van der Waals surface area (Å²) < 4.78 is 4.96. The highest BCUT2D eigenvalue weighted by molar-refractivity contribution is 6.30. The number of carbonyl (C=O) groups is 1. The smallest absolute Gasteiger partial charge is 0.302 e. The van der Waals surface area contributed by atoms with E-state index < -0.39 is 0 Å². The summed E-state index contributed by atoms with van der Waals surface area (Å²) in [6.07, 6.45) is 0. The third-order valence-corrected chi connectivity index (χ3v) is 3.34. The normalized spacial score (nSPS) is 11.9. The van der Waals surface area contributed by atoms with Gasteiger partial charge in [-0.1, -0.05) is 54.1 Å². The Bertz CT molecular complexity index is 569. The molecule has 0 aliphatic carbocycles. The molecule has 2 aromatic carbocycles. The molecule has 0 aliphatic heterocycles. The molecule has 3 nitrogen and oxygen atoms in total. The van der Waals surface area contributed by atoms with Crippen molar-refractivity contribution < 1.29 is 9.53 Å². The van der Waals surface area contributed by atoms with Gasteiger partial charge >= 0.3 is 5.97 Å². The first kappa shape index (κ1) is 15.5. The van der Waals surface area contributed by atoms with E-state index in [1.165, 1.54) is 6.92 Å². The molecule has 0 heterocycles. The van der Waals surface area contributed by atoms with Gasteiger partial charge in [0.15, 0.2) is 0 Å². The van der Waals surface area contributed by atoms with Gasteiger partial charge in [-0.25, -0.2) is 0 Å². The van der Waals surface area contributed by atoms with Gasteiger partial charge in [-0.15, -0.1) is 0 Å². The zero-order chi connectivity index (χ0) is 15.1. The number of hydrogen-bond donors (Lipinski definition) is 1. The Morgan fingerprint density at radius 1 is 1.10 bits per heavy atom. The van der Waals surface area contributed by atoms with E-state index in [0.29, 0.717) is 18.2 Å². The number of carbonyl (C=O) groups excluding carboxylic acids is 1. The van der Waals surface area contributed by atoms with Crippen molar-refractivity contribution in [2.75, 3.05) is 13.2 Å². The number of halogens is 1. The van der Waals surface area contributed by atoms with Crippen LogP contribution in [0.2, 0.25) is 5.02 Å². The molecule has 0 aromatic heterocycles. The van der Waals surface area contributed by atoms with Crippen molar-refractivity contribution in [2.24, 2.45) is 0 Å². The Hall–Kier alpha value is -1.84. The van der Waals surface area contributed by atoms with Crippen LogP contribution in [0, 0.1) is 0 Å². The Morgan fingerprint density at radius 3 is 2.33 bits per heavy atom. The fourth-order valence-electron chi connectivity index (χ4n) is 2.13. The highest BCUT2D eigenvalue weighted by atomic mass is 35.5. The first-order valence-electron chi connectivity index (χ1n) is 6.84. The molecule has 2 aromatic rings. The van der Waals surface area contributed by atoms with Crippen LogP contribution in [0.3, 0.4) is 0 Å². The molecular weight excluding hydrogens is 286 g/mol. The number of rotatable bonds is 6. The number of esters is 1. The van der Waals surface area contributed by atoms with Gasteiger partial charge in [0.05, 0.1) is 6.04 Å². The minimum absolute atomic E-state index is 0.0408. The van der Waals surface area contributed by atoms with E-state index in [4.69, 9.17) is 16.3 Å². The third-order valence-electron chi connectivity index (χ3n) is 3.09. The standard InChI is InChI=1S/C17H18ClNO2/c1-13(20)21-12-11-19-17(14-5-3-2-4-6-14)15-7-9-16(18)10-8-15/h2-10,17,19H,11-12H2,1H3. The van der Waals surface area contributed by atoms with Crippen LogP contribution in [-0.4, -0.2) is 19.1 Å². The van der Waals surface area contributed by atoms with Gasteiger partial charge in [-0.2, -0.15) is 0 Å². The van der Waals surface area contributed by atoms with Gasteiger partial charge in [0.1, 0.15) is 6.61 Å². The van der Waals surface area contributed by atoms with Crippen LogP contribution in [0.4, 0.5) is 0 Å². The Balaban J connectivity index is 2.11. The number of benzene rings is 2. The van der Waals surface area contributed by atoms with Crippen LogP contribution < -0.4 is 5.32 Å². The van der Waals surface area contributed by atoms with Gasteiger partial charge in [-0.05, 0) is 23.3 Å². The Labute approximate surface area is 129 Å². The zero-order valence-electron chi connectivity index (χ0n) is 11.9. The molecule has 0 saturated heterocycles. The fourth-order valence-corrected chi connectivity index (χ4v) is 2.25. The van der Waals surface area contributed by atoms with Crippen LogP contribution in [0.5, 0.6) is 0 Å². The second-order valence-electron chi connectivity index (χ2n) is 4.69. The average molecular weight is 304 g/mol. The van der Waals surface area contributed by atoms with Crippen molar-refractivity contribution in [3.8, 4) is 0 Å². The lowest BCUT2D eigenvalue weighted by molar-refractivity contribution is -0.140. The highest BCUT2D eigenvalue weighted by Gasteiger charge is 2.13. The summed E-state index contributed by atoms with van der Waals surface area (Å²) in [5, 5.41) is 4.12. The lowest BCUT2D eigenvalue weighted by atomic mass is 9.99. The van der Waals surface area contributed by atoms with Crippen molar-refractivity contribution in [1.82, 2.24) is 5.32 Å². The summed E-state index contributed by atoms with van der Waals surface area (Å²) >= 11 is 5.95. The molecule has 0 amide bonds. The van der Waals surface area contributed by atoms with Crippen molar-refractivity contribution in [3.63, 3.8) is 0 Å². The minimum atomic E-state index is -0.264. The van der Waals surface area contributed by atoms with Crippen LogP contribution >= 0.6 is 11.6 Å². The number of hydrogen-bond acceptors (Lipinski definition) is 3. The molecule has 1 atom stereocenters. The van der Waals surface area contributed by atoms with E-state index in [9.17, 15) is 4.79 Å². The van der Waals surface area contributed by atoms with Crippen molar-refractivity contribution >= 4 is 17.6 Å². The summed E-state index contributed by atoms with van der Waals surface area (Å²) in [4.78, 5) is 10.8. The summed E-state index contributed by atoms with van der Waals surface area (Å²) in [7, 11) is 0. The van der Waals surface area contributed by atoms with E-state index in [0.717, 1.165) is 11.1 Å². The maximum Gasteiger partial charge on any atom is 0.302 e. The molecule has 0 spiro atoms. The van der Waals surface area contributed by atoms with Crippen molar-refractivity contribution in [2.45, 2.75) is 13.0 Å². The van der Waals surface area contributed by atoms with Crippen LogP contribution in [0.25, 0.3) is 0 Å². The van der Waals surface area contributed by atoms with Gasteiger partial charge in [-0.3, -0.25) is 4.79 Å². The predicted molar refractivity (Wildman–Crippen MR) is 84.4 cm³/mol. The molecular formula is C17H18ClNO2. The Morgan fingerprint density at radius 2 is 1.71 bits per heavy atom. The SMILES string of the molecule is CC(=O)OCCNC(c1ccccc1)c1ccc(Cl)cc1. The average Bonchev–Trinajstić information content (AvgIpc) is 2.49. The molecule has 110 valence electrons. The maximum absolute atomic E-state index is 10.8. The van der Waals surface area contributed by atoms with Gasteiger partial charge in [0.25, 0.3) is 0 Å². The van der Waals surface area contributed by atoms with Crippen LogP contribution in [0.1, 0.15) is 24.1 Å². The second kappa shape index (κ2) is 7.81. The van der Waals surface area contributed by atoms with Crippen LogP contribution in [0.15, 0.2) is 54.6 Å². The first-order valence-corrected chi connectivity index (χ1v) is 7.22. The molecule has 2 rings (SSSR count). The summed E-state index contributed by atoms with van der Waals surface area (Å²) in [5.74, 6) is -0.264. The van der Waals surface area contributed by atoms with E-state index in [-0.39, 0.29) is 12.0 Å². The lowest BCUT2D eigenvalue weighted by Crippen LogP contribution is -2.26. The van der Waals surface area contributed by atoms with Crippen LogP contribution in [-0.2, 0) is 9.53 Å². The largest absolute Gasteiger partial charge is 0.465 e. The molecule has 1 N–H and O–H groups in total. The number of ether oxygens (including phenoxy) is 1. The molecule has 0 aliphatic rings. The fraction of sp³-hybridized carbons (Fsp3) is 0.235. The molecule has 4 heteroatoms. The molecule has 0 saturated carbocycles. The summed E-state index contributed by atoms with van der Waals surface area (Å²) in [6.45, 7) is 2.35. The quantitative estimate of drug-likeness (QED) is 0.655. The first-order chi connectivity index (χ1) is 10.2. The van der Waals surface area contributed by atoms with E-state index in [2.05, 4.69) is 17.4 Å². The monoisotopic (exact) mass is 303 g/mol. The summed E-state index contributed by atoms with van der Waals surface area (Å²) in [5.41, 5.74) is 2.27. The van der Waals surface area contributed by atoms with Crippen molar-refractivity contribution in [1.29, 1.82) is 0 Å². The second-order valence-corrected chi connectivity index (χ2v) is 5.13. The van der Waals surface area contributed by atoms with E-state index in [1.807, 2.05) is 42.5 Å². The van der Waals surface area contributed by atoms with Gasteiger partial charge in [0, 0.05) is 18.5 Å². The molecule has 0 radical (unpaired) electrons. The molecule has 1 unspecified atom stereocenters. The minimum Gasteiger partial charge on any atom is -0.465 e. The van der Waals surface area contributed by atoms with Gasteiger partial charge in [0.2, 0.25) is 0 Å². The van der Waals surface area contributed by atoms with E-state index >= 15 is 0 Å². The lowest BCUT2D eigenvalue weighted by Gasteiger charge is -2.20. The molecule has 0 fully saturated rings. The number of nitrogens with one attached hydrogen (secondary N) is 1. The van der Waals surface area contributed by atoms with Crippen molar-refractivity contribution in [3.05, 3.63) is 70.7 Å². The van der Waals surface area contributed by atoms with Gasteiger partial charge < -0.3 is 10.1 Å². The Kier molecular flexibility index (Phi) is 5.78. The topological polar surface area (TPSA) is 38.3 Å². The zero-order valence-corrected chi connectivity index (χ0v) is 12.6. The van der Waals surface area contributed by atoms with E-state index in [1.54, 1.807) is 0 Å². The maximum atomic E-state index is 10.8.